The molecule has 102 valence electrons. The molecule has 0 aromatic carbocycles. The van der Waals surface area contributed by atoms with E-state index in [0.717, 1.165) is 30.6 Å². The van der Waals surface area contributed by atoms with Crippen LogP contribution in [0.2, 0.25) is 0 Å². The van der Waals surface area contributed by atoms with E-state index < -0.39 is 5.54 Å². The third-order valence-corrected chi connectivity index (χ3v) is 4.94. The smallest absolute Gasteiger partial charge is 0.305 e. The maximum atomic E-state index is 12.3. The van der Waals surface area contributed by atoms with Crippen LogP contribution in [0.4, 0.5) is 4.79 Å². The molecule has 1 aromatic rings. The van der Waals surface area contributed by atoms with Crippen LogP contribution >= 0.6 is 11.3 Å². The van der Waals surface area contributed by atoms with E-state index in [1.165, 1.54) is 11.3 Å². The highest BCUT2D eigenvalue weighted by Gasteiger charge is 2.54. The Hall–Kier alpha value is -1.43. The average Bonchev–Trinajstić information content (AvgIpc) is 2.94. The van der Waals surface area contributed by atoms with Gasteiger partial charge in [0.05, 0.1) is 12.1 Å². The summed E-state index contributed by atoms with van der Waals surface area (Å²) in [5.74, 6) is 0.364. The predicted molar refractivity (Wildman–Crippen MR) is 71.6 cm³/mol. The Morgan fingerprint density at radius 3 is 3.11 bits per heavy atom. The van der Waals surface area contributed by atoms with Gasteiger partial charge in [0.2, 0.25) is 0 Å². The first kappa shape index (κ1) is 12.6. The fourth-order valence-corrected chi connectivity index (χ4v) is 3.85. The van der Waals surface area contributed by atoms with E-state index in [-0.39, 0.29) is 11.9 Å². The van der Waals surface area contributed by atoms with Crippen molar-refractivity contribution in [1.82, 2.24) is 15.2 Å². The minimum atomic E-state index is -0.626. The molecule has 1 aromatic heterocycles. The molecule has 1 spiro atoms. The van der Waals surface area contributed by atoms with Gasteiger partial charge in [0, 0.05) is 11.1 Å². The van der Waals surface area contributed by atoms with Crippen molar-refractivity contribution in [3.8, 4) is 0 Å². The normalized spacial score (nSPS) is 31.0. The molecule has 2 unspecified atom stereocenters. The van der Waals surface area contributed by atoms with Crippen molar-refractivity contribution in [2.45, 2.75) is 44.7 Å². The molecule has 1 aliphatic carbocycles. The van der Waals surface area contributed by atoms with Gasteiger partial charge < -0.3 is 4.90 Å². The number of amides is 3. The van der Waals surface area contributed by atoms with Crippen molar-refractivity contribution in [3.05, 3.63) is 16.6 Å². The van der Waals surface area contributed by atoms with Gasteiger partial charge in [-0.2, -0.15) is 0 Å². The molecular formula is C13H17N3O2S. The molecule has 1 N–H and O–H groups in total. The summed E-state index contributed by atoms with van der Waals surface area (Å²) in [6, 6.07) is -0.257. The predicted octanol–water partition coefficient (Wildman–Crippen LogP) is 2.14. The van der Waals surface area contributed by atoms with Crippen molar-refractivity contribution in [3.63, 3.8) is 0 Å². The third kappa shape index (κ3) is 2.04. The number of carbonyl (C=O) groups is 2. The molecule has 2 aliphatic rings. The van der Waals surface area contributed by atoms with E-state index in [9.17, 15) is 9.59 Å². The highest BCUT2D eigenvalue weighted by atomic mass is 32.1. The van der Waals surface area contributed by atoms with Gasteiger partial charge in [-0.25, -0.2) is 4.79 Å². The van der Waals surface area contributed by atoms with Crippen LogP contribution in [0, 0.1) is 5.92 Å². The number of hydrogen-bond acceptors (Lipinski definition) is 4. The molecule has 1 saturated heterocycles. The molecule has 19 heavy (non-hydrogen) atoms. The van der Waals surface area contributed by atoms with Gasteiger partial charge in [-0.05, 0) is 18.8 Å². The second kappa shape index (κ2) is 4.59. The fraction of sp³-hybridized carbons (Fsp3) is 0.615. The van der Waals surface area contributed by atoms with E-state index in [1.807, 2.05) is 0 Å². The molecule has 0 bridgehead atoms. The lowest BCUT2D eigenvalue weighted by Gasteiger charge is -2.40. The van der Waals surface area contributed by atoms with Gasteiger partial charge in [-0.1, -0.05) is 19.8 Å². The lowest BCUT2D eigenvalue weighted by molar-refractivity contribution is -0.129. The summed E-state index contributed by atoms with van der Waals surface area (Å²) in [5, 5.41) is 2.49. The Kier molecular flexibility index (Phi) is 3.05. The zero-order valence-electron chi connectivity index (χ0n) is 10.9. The summed E-state index contributed by atoms with van der Waals surface area (Å²) in [7, 11) is 0. The molecule has 3 amide bonds. The Morgan fingerprint density at radius 2 is 2.42 bits per heavy atom. The van der Waals surface area contributed by atoms with E-state index in [2.05, 4.69) is 17.2 Å². The molecule has 2 fully saturated rings. The standard InChI is InChI=1S/C13H17N3O2S/c1-9-3-2-4-13(5-9)11(17)15-12(18)16(13)7-10-6-14-8-19-10/h6,8-9H,2-5,7H2,1H3,(H,15,17,18). The number of nitrogens with one attached hydrogen (secondary N) is 1. The first-order chi connectivity index (χ1) is 9.12. The highest BCUT2D eigenvalue weighted by Crippen LogP contribution is 2.40. The molecular weight excluding hydrogens is 262 g/mol. The van der Waals surface area contributed by atoms with Crippen LogP contribution in [0.25, 0.3) is 0 Å². The highest BCUT2D eigenvalue weighted by molar-refractivity contribution is 7.09. The minimum Gasteiger partial charge on any atom is -0.305 e. The number of hydrogen-bond donors (Lipinski definition) is 1. The lowest BCUT2D eigenvalue weighted by Crippen LogP contribution is -2.51. The molecule has 5 nitrogen and oxygen atoms in total. The summed E-state index contributed by atoms with van der Waals surface area (Å²) < 4.78 is 0. The molecule has 0 radical (unpaired) electrons. The lowest BCUT2D eigenvalue weighted by atomic mass is 9.75. The second-order valence-corrected chi connectivity index (χ2v) is 6.52. The van der Waals surface area contributed by atoms with Crippen LogP contribution in [0.1, 0.15) is 37.5 Å². The Labute approximate surface area is 116 Å². The zero-order valence-corrected chi connectivity index (χ0v) is 11.7. The van der Waals surface area contributed by atoms with Crippen molar-refractivity contribution < 1.29 is 9.59 Å². The Balaban J connectivity index is 1.90. The number of thiazole rings is 1. The number of imide groups is 1. The number of urea groups is 1. The number of nitrogens with zero attached hydrogens (tertiary/aromatic N) is 2. The Morgan fingerprint density at radius 1 is 1.58 bits per heavy atom. The van der Waals surface area contributed by atoms with Gasteiger partial charge in [-0.15, -0.1) is 11.3 Å². The average molecular weight is 279 g/mol. The fourth-order valence-electron chi connectivity index (χ4n) is 3.27. The first-order valence-corrected chi connectivity index (χ1v) is 7.50. The van der Waals surface area contributed by atoms with Crippen LogP contribution in [0.15, 0.2) is 11.7 Å². The topological polar surface area (TPSA) is 62.3 Å². The van der Waals surface area contributed by atoms with E-state index in [1.54, 1.807) is 16.6 Å². The molecule has 1 aliphatic heterocycles. The summed E-state index contributed by atoms with van der Waals surface area (Å²) in [6.07, 6.45) is 5.44. The van der Waals surface area contributed by atoms with Crippen molar-refractivity contribution >= 4 is 23.3 Å². The summed E-state index contributed by atoms with van der Waals surface area (Å²) in [5.41, 5.74) is 1.13. The number of aromatic nitrogens is 1. The summed E-state index contributed by atoms with van der Waals surface area (Å²) in [6.45, 7) is 2.64. The maximum absolute atomic E-state index is 12.3. The van der Waals surface area contributed by atoms with Crippen LogP contribution in [0.5, 0.6) is 0 Å². The maximum Gasteiger partial charge on any atom is 0.325 e. The van der Waals surface area contributed by atoms with Gasteiger partial charge in [-0.3, -0.25) is 15.1 Å². The third-order valence-electron chi connectivity index (χ3n) is 4.18. The van der Waals surface area contributed by atoms with Crippen LogP contribution in [-0.4, -0.2) is 27.4 Å². The number of carbonyl (C=O) groups excluding carboxylic acids is 2. The van der Waals surface area contributed by atoms with Crippen LogP contribution < -0.4 is 5.32 Å². The largest absolute Gasteiger partial charge is 0.325 e. The van der Waals surface area contributed by atoms with Gasteiger partial charge in [0.1, 0.15) is 5.54 Å². The Bertz CT molecular complexity index is 502. The van der Waals surface area contributed by atoms with Crippen molar-refractivity contribution in [2.75, 3.05) is 0 Å². The quantitative estimate of drug-likeness (QED) is 0.844. The number of rotatable bonds is 2. The van der Waals surface area contributed by atoms with Crippen molar-refractivity contribution in [2.24, 2.45) is 5.92 Å². The van der Waals surface area contributed by atoms with Crippen molar-refractivity contribution in [1.29, 1.82) is 0 Å². The van der Waals surface area contributed by atoms with Gasteiger partial charge in [0.15, 0.2) is 0 Å². The SMILES string of the molecule is CC1CCCC2(C1)C(=O)NC(=O)N2Cc1cncs1. The summed E-state index contributed by atoms with van der Waals surface area (Å²) >= 11 is 1.52. The van der Waals surface area contributed by atoms with E-state index in [4.69, 9.17) is 0 Å². The van der Waals surface area contributed by atoms with E-state index in [0.29, 0.717) is 12.5 Å². The minimum absolute atomic E-state index is 0.117. The van der Waals surface area contributed by atoms with Crippen LogP contribution in [-0.2, 0) is 11.3 Å². The molecule has 2 atom stereocenters. The second-order valence-electron chi connectivity index (χ2n) is 5.55. The summed E-state index contributed by atoms with van der Waals surface area (Å²) in [4.78, 5) is 31.1. The van der Waals surface area contributed by atoms with E-state index >= 15 is 0 Å². The first-order valence-electron chi connectivity index (χ1n) is 6.62. The zero-order chi connectivity index (χ0) is 13.5. The molecule has 2 heterocycles. The molecule has 1 saturated carbocycles. The van der Waals surface area contributed by atoms with Gasteiger partial charge in [0.25, 0.3) is 5.91 Å². The monoisotopic (exact) mass is 279 g/mol. The molecule has 6 heteroatoms. The van der Waals surface area contributed by atoms with Crippen LogP contribution in [0.3, 0.4) is 0 Å². The van der Waals surface area contributed by atoms with Gasteiger partial charge >= 0.3 is 6.03 Å². The molecule has 3 rings (SSSR count).